The van der Waals surface area contributed by atoms with Crippen LogP contribution in [0, 0.1) is 0 Å². The number of hydrogen-bond acceptors (Lipinski definition) is 3. The molecule has 3 nitrogen and oxygen atoms in total. The van der Waals surface area contributed by atoms with Crippen molar-refractivity contribution in [2.45, 2.75) is 6.92 Å². The van der Waals surface area contributed by atoms with Gasteiger partial charge in [-0.25, -0.2) is 4.79 Å². The average molecular weight is 344 g/mol. The Kier molecular flexibility index (Phi) is 3.82. The molecule has 0 spiro atoms. The number of aromatic amines is 1. The lowest BCUT2D eigenvalue weighted by atomic mass is 10.0. The van der Waals surface area contributed by atoms with E-state index < -0.39 is 0 Å². The molecule has 2 aromatic heterocycles. The minimum Gasteiger partial charge on any atom is -0.304 e. The highest BCUT2D eigenvalue weighted by Gasteiger charge is 2.16. The molecule has 0 bridgehead atoms. The molecule has 0 amide bonds. The predicted molar refractivity (Wildman–Crippen MR) is 108 cm³/mol. The molecule has 25 heavy (non-hydrogen) atoms. The molecule has 0 aliphatic rings. The van der Waals surface area contributed by atoms with E-state index in [1.54, 1.807) is 17.4 Å². The van der Waals surface area contributed by atoms with Crippen LogP contribution in [0.3, 0.4) is 0 Å². The van der Waals surface area contributed by atoms with Crippen molar-refractivity contribution in [3.63, 3.8) is 0 Å². The van der Waals surface area contributed by atoms with Gasteiger partial charge in [0, 0.05) is 16.0 Å². The Labute approximate surface area is 149 Å². The summed E-state index contributed by atoms with van der Waals surface area (Å²) in [5.74, 6) is 0. The van der Waals surface area contributed by atoms with Gasteiger partial charge in [-0.15, -0.1) is 11.3 Å². The highest BCUT2D eigenvalue weighted by Crippen LogP contribution is 2.38. The number of rotatable bonds is 3. The van der Waals surface area contributed by atoms with Crippen molar-refractivity contribution in [2.24, 2.45) is 0 Å². The standard InChI is InChI=1S/C21H16N2OS/c1-3-8-17-14(4-2)18-20(25-17)19(23-21(24)22-18)16-12-7-10-13-9-5-6-11-15(13)16/h3-12H,2H2,1H3,(H,22,23,24)/b8-3-. The van der Waals surface area contributed by atoms with Gasteiger partial charge in [-0.3, -0.25) is 0 Å². The van der Waals surface area contributed by atoms with Gasteiger partial charge in [-0.2, -0.15) is 4.98 Å². The predicted octanol–water partition coefficient (Wildman–Crippen LogP) is 5.48. The number of hydrogen-bond donors (Lipinski definition) is 1. The molecule has 4 heteroatoms. The first-order valence-corrected chi connectivity index (χ1v) is 8.84. The third kappa shape index (κ3) is 2.51. The van der Waals surface area contributed by atoms with Crippen molar-refractivity contribution in [1.29, 1.82) is 0 Å². The smallest absolute Gasteiger partial charge is 0.304 e. The highest BCUT2D eigenvalue weighted by atomic mass is 32.1. The maximum atomic E-state index is 12.2. The molecule has 0 saturated heterocycles. The first-order valence-electron chi connectivity index (χ1n) is 8.03. The summed E-state index contributed by atoms with van der Waals surface area (Å²) in [5.41, 5.74) is 3.09. The van der Waals surface area contributed by atoms with Gasteiger partial charge < -0.3 is 4.98 Å². The molecule has 2 aromatic carbocycles. The molecule has 4 aromatic rings. The fourth-order valence-corrected chi connectivity index (χ4v) is 4.37. The zero-order valence-electron chi connectivity index (χ0n) is 13.7. The summed E-state index contributed by atoms with van der Waals surface area (Å²) < 4.78 is 0.971. The number of benzene rings is 2. The summed E-state index contributed by atoms with van der Waals surface area (Å²) >= 11 is 1.62. The molecule has 0 aliphatic heterocycles. The molecule has 0 aliphatic carbocycles. The van der Waals surface area contributed by atoms with E-state index in [0.717, 1.165) is 42.7 Å². The molecular formula is C21H16N2OS. The molecule has 1 N–H and O–H groups in total. The number of aromatic nitrogens is 2. The Bertz CT molecular complexity index is 1190. The first-order chi connectivity index (χ1) is 12.2. The average Bonchev–Trinajstić information content (AvgIpc) is 2.98. The third-order valence-corrected chi connectivity index (χ3v) is 5.38. The number of nitrogens with one attached hydrogen (secondary N) is 1. The number of thiophene rings is 1. The van der Waals surface area contributed by atoms with E-state index in [1.165, 1.54) is 0 Å². The van der Waals surface area contributed by atoms with Gasteiger partial charge >= 0.3 is 5.69 Å². The van der Waals surface area contributed by atoms with Crippen LogP contribution in [0.15, 0.2) is 59.9 Å². The van der Waals surface area contributed by atoms with E-state index in [-0.39, 0.29) is 5.69 Å². The molecule has 122 valence electrons. The Morgan fingerprint density at radius 2 is 1.96 bits per heavy atom. The van der Waals surface area contributed by atoms with Crippen LogP contribution in [0.4, 0.5) is 0 Å². The van der Waals surface area contributed by atoms with Crippen LogP contribution >= 0.6 is 11.3 Å². The lowest BCUT2D eigenvalue weighted by Gasteiger charge is -2.06. The molecule has 0 atom stereocenters. The van der Waals surface area contributed by atoms with Gasteiger partial charge in [0.15, 0.2) is 0 Å². The molecular weight excluding hydrogens is 328 g/mol. The van der Waals surface area contributed by atoms with E-state index >= 15 is 0 Å². The van der Waals surface area contributed by atoms with Crippen molar-refractivity contribution in [3.05, 3.63) is 76.0 Å². The number of fused-ring (bicyclic) bond motifs is 2. The summed E-state index contributed by atoms with van der Waals surface area (Å²) in [6.07, 6.45) is 5.81. The van der Waals surface area contributed by atoms with Gasteiger partial charge in [0.25, 0.3) is 0 Å². The molecule has 0 unspecified atom stereocenters. The summed E-state index contributed by atoms with van der Waals surface area (Å²) in [6.45, 7) is 5.88. The first kappa shape index (κ1) is 15.5. The van der Waals surface area contributed by atoms with Gasteiger partial charge in [-0.1, -0.05) is 61.2 Å². The summed E-state index contributed by atoms with van der Waals surface area (Å²) in [4.78, 5) is 20.5. The van der Waals surface area contributed by atoms with Gasteiger partial charge in [-0.05, 0) is 23.8 Å². The van der Waals surface area contributed by atoms with Crippen molar-refractivity contribution in [3.8, 4) is 11.3 Å². The maximum absolute atomic E-state index is 12.2. The number of allylic oxidation sites excluding steroid dienone is 1. The van der Waals surface area contributed by atoms with E-state index in [0.29, 0.717) is 0 Å². The van der Waals surface area contributed by atoms with E-state index in [1.807, 2.05) is 43.3 Å². The van der Waals surface area contributed by atoms with Crippen LogP contribution in [0.1, 0.15) is 17.4 Å². The zero-order chi connectivity index (χ0) is 17.4. The largest absolute Gasteiger partial charge is 0.346 e. The number of nitrogens with zero attached hydrogens (tertiary/aromatic N) is 1. The minimum absolute atomic E-state index is 0.344. The Hall–Kier alpha value is -2.98. The Morgan fingerprint density at radius 1 is 1.16 bits per heavy atom. The van der Waals surface area contributed by atoms with Crippen LogP contribution in [-0.4, -0.2) is 9.97 Å². The van der Waals surface area contributed by atoms with Crippen LogP contribution in [-0.2, 0) is 0 Å². The second-order valence-electron chi connectivity index (χ2n) is 5.71. The summed E-state index contributed by atoms with van der Waals surface area (Å²) in [7, 11) is 0. The van der Waals surface area contributed by atoms with E-state index in [2.05, 4.69) is 34.7 Å². The number of H-pyrrole nitrogens is 1. The van der Waals surface area contributed by atoms with Crippen molar-refractivity contribution >= 4 is 44.5 Å². The van der Waals surface area contributed by atoms with Crippen LogP contribution in [0.2, 0.25) is 0 Å². The fraction of sp³-hybridized carbons (Fsp3) is 0.0476. The van der Waals surface area contributed by atoms with Gasteiger partial charge in [0.1, 0.15) is 0 Å². The minimum atomic E-state index is -0.344. The highest BCUT2D eigenvalue weighted by molar-refractivity contribution is 7.20. The molecule has 0 saturated carbocycles. The summed E-state index contributed by atoms with van der Waals surface area (Å²) in [5, 5.41) is 2.22. The molecule has 0 radical (unpaired) electrons. The maximum Gasteiger partial charge on any atom is 0.346 e. The normalized spacial score (nSPS) is 11.6. The van der Waals surface area contributed by atoms with E-state index in [9.17, 15) is 4.79 Å². The second kappa shape index (κ2) is 6.15. The van der Waals surface area contributed by atoms with Gasteiger partial charge in [0.2, 0.25) is 0 Å². The van der Waals surface area contributed by atoms with Crippen molar-refractivity contribution < 1.29 is 0 Å². The lowest BCUT2D eigenvalue weighted by Crippen LogP contribution is -2.10. The third-order valence-electron chi connectivity index (χ3n) is 4.20. The molecule has 2 heterocycles. The SMILES string of the molecule is C=Cc1c(/C=C\C)sc2c(-c3cccc4ccccc34)nc(=O)[nH]c12. The van der Waals surface area contributed by atoms with Crippen LogP contribution in [0.5, 0.6) is 0 Å². The van der Waals surface area contributed by atoms with Gasteiger partial charge in [0.05, 0.1) is 15.9 Å². The monoisotopic (exact) mass is 344 g/mol. The quantitative estimate of drug-likeness (QED) is 0.535. The van der Waals surface area contributed by atoms with Crippen molar-refractivity contribution in [1.82, 2.24) is 9.97 Å². The van der Waals surface area contributed by atoms with Crippen LogP contribution < -0.4 is 5.69 Å². The molecule has 0 fully saturated rings. The van der Waals surface area contributed by atoms with E-state index in [4.69, 9.17) is 0 Å². The Balaban J connectivity index is 2.14. The second-order valence-corrected chi connectivity index (χ2v) is 6.76. The summed E-state index contributed by atoms with van der Waals surface area (Å²) in [6, 6.07) is 14.2. The Morgan fingerprint density at radius 3 is 2.76 bits per heavy atom. The van der Waals surface area contributed by atoms with Crippen LogP contribution in [0.25, 0.3) is 44.4 Å². The topological polar surface area (TPSA) is 45.8 Å². The molecule has 4 rings (SSSR count). The zero-order valence-corrected chi connectivity index (χ0v) is 14.6. The fourth-order valence-electron chi connectivity index (χ4n) is 3.13. The lowest BCUT2D eigenvalue weighted by molar-refractivity contribution is 1.13. The van der Waals surface area contributed by atoms with Crippen molar-refractivity contribution in [2.75, 3.05) is 0 Å².